The molecule has 1 aliphatic rings. The number of aromatic nitrogens is 4. The van der Waals surface area contributed by atoms with E-state index in [2.05, 4.69) is 20.4 Å². The Labute approximate surface area is 116 Å². The van der Waals surface area contributed by atoms with Gasteiger partial charge in [0.05, 0.1) is 6.61 Å². The third kappa shape index (κ3) is 3.29. The van der Waals surface area contributed by atoms with Gasteiger partial charge in [-0.25, -0.2) is 9.48 Å². The Morgan fingerprint density at radius 2 is 1.95 bits per heavy atom. The summed E-state index contributed by atoms with van der Waals surface area (Å²) < 4.78 is 6.01. The van der Waals surface area contributed by atoms with Crippen LogP contribution in [0.1, 0.15) is 17.5 Å². The lowest BCUT2D eigenvalue weighted by molar-refractivity contribution is -0.133. The zero-order valence-electron chi connectivity index (χ0n) is 11.7. The molecular formula is C11H18N6O3. The second-order valence-electron chi connectivity index (χ2n) is 4.56. The van der Waals surface area contributed by atoms with Gasteiger partial charge in [-0.1, -0.05) is 0 Å². The van der Waals surface area contributed by atoms with E-state index in [4.69, 9.17) is 4.74 Å². The number of amides is 1. The Balaban J connectivity index is 1.98. The number of esters is 1. The first kappa shape index (κ1) is 14.4. The third-order valence-corrected chi connectivity index (χ3v) is 3.13. The van der Waals surface area contributed by atoms with Gasteiger partial charge in [-0.2, -0.15) is 0 Å². The minimum absolute atomic E-state index is 0.0469. The molecule has 110 valence electrons. The first-order valence-electron chi connectivity index (χ1n) is 6.51. The van der Waals surface area contributed by atoms with Crippen LogP contribution < -0.4 is 0 Å². The monoisotopic (exact) mass is 282 g/mol. The smallest absolute Gasteiger partial charge is 0.378 e. The molecular weight excluding hydrogens is 264 g/mol. The van der Waals surface area contributed by atoms with E-state index in [1.165, 1.54) is 4.68 Å². The highest BCUT2D eigenvalue weighted by Gasteiger charge is 2.23. The third-order valence-electron chi connectivity index (χ3n) is 3.13. The molecule has 0 aromatic carbocycles. The van der Waals surface area contributed by atoms with Crippen LogP contribution in [0.4, 0.5) is 0 Å². The largest absolute Gasteiger partial charge is 0.460 e. The zero-order chi connectivity index (χ0) is 14.5. The number of nitrogens with zero attached hydrogens (tertiary/aromatic N) is 6. The summed E-state index contributed by atoms with van der Waals surface area (Å²) in [5.74, 6) is -0.769. The Kier molecular flexibility index (Phi) is 4.61. The molecule has 0 atom stereocenters. The second-order valence-corrected chi connectivity index (χ2v) is 4.56. The van der Waals surface area contributed by atoms with Crippen LogP contribution in [-0.2, 0) is 16.1 Å². The van der Waals surface area contributed by atoms with Gasteiger partial charge in [0.25, 0.3) is 5.82 Å². The van der Waals surface area contributed by atoms with Gasteiger partial charge >= 0.3 is 5.97 Å². The number of likely N-dealkylation sites (N-methyl/N-ethyl adjacent to an activating group) is 1. The van der Waals surface area contributed by atoms with Gasteiger partial charge in [0.2, 0.25) is 5.91 Å². The van der Waals surface area contributed by atoms with E-state index in [-0.39, 0.29) is 24.9 Å². The van der Waals surface area contributed by atoms with Crippen LogP contribution in [0, 0.1) is 0 Å². The van der Waals surface area contributed by atoms with Crippen molar-refractivity contribution < 1.29 is 14.3 Å². The van der Waals surface area contributed by atoms with Crippen molar-refractivity contribution in [3.05, 3.63) is 5.82 Å². The molecule has 9 nitrogen and oxygen atoms in total. The first-order valence-corrected chi connectivity index (χ1v) is 6.51. The molecule has 0 N–H and O–H groups in total. The predicted octanol–water partition coefficient (Wildman–Crippen LogP) is -1.38. The number of rotatable bonds is 4. The Bertz CT molecular complexity index is 480. The van der Waals surface area contributed by atoms with E-state index in [0.717, 1.165) is 13.1 Å². The maximum absolute atomic E-state index is 12.1. The van der Waals surface area contributed by atoms with Gasteiger partial charge < -0.3 is 14.5 Å². The van der Waals surface area contributed by atoms with Crippen LogP contribution in [0.5, 0.6) is 0 Å². The summed E-state index contributed by atoms with van der Waals surface area (Å²) in [6.07, 6.45) is 0. The van der Waals surface area contributed by atoms with Gasteiger partial charge in [0.1, 0.15) is 6.54 Å². The van der Waals surface area contributed by atoms with E-state index in [1.54, 1.807) is 11.8 Å². The zero-order valence-corrected chi connectivity index (χ0v) is 11.7. The van der Waals surface area contributed by atoms with E-state index in [0.29, 0.717) is 13.1 Å². The highest BCUT2D eigenvalue weighted by atomic mass is 16.5. The van der Waals surface area contributed by atoms with Gasteiger partial charge in [-0.15, -0.1) is 5.10 Å². The summed E-state index contributed by atoms with van der Waals surface area (Å²) >= 11 is 0. The van der Waals surface area contributed by atoms with Crippen molar-refractivity contribution in [2.75, 3.05) is 39.8 Å². The number of carbonyl (C=O) groups excluding carboxylic acids is 2. The summed E-state index contributed by atoms with van der Waals surface area (Å²) in [6.45, 7) is 4.90. The maximum atomic E-state index is 12.1. The van der Waals surface area contributed by atoms with Crippen molar-refractivity contribution in [2.24, 2.45) is 0 Å². The van der Waals surface area contributed by atoms with Gasteiger partial charge in [-0.05, 0) is 24.4 Å². The minimum Gasteiger partial charge on any atom is -0.460 e. The van der Waals surface area contributed by atoms with Crippen molar-refractivity contribution in [2.45, 2.75) is 13.5 Å². The van der Waals surface area contributed by atoms with Crippen LogP contribution in [-0.4, -0.2) is 81.7 Å². The maximum Gasteiger partial charge on any atom is 0.378 e. The molecule has 0 radical (unpaired) electrons. The van der Waals surface area contributed by atoms with E-state index >= 15 is 0 Å². The lowest BCUT2D eigenvalue weighted by Crippen LogP contribution is -2.48. The highest BCUT2D eigenvalue weighted by molar-refractivity contribution is 5.86. The fourth-order valence-corrected chi connectivity index (χ4v) is 1.94. The molecule has 9 heteroatoms. The average Bonchev–Trinajstić information content (AvgIpc) is 2.88. The molecule has 2 heterocycles. The number of ether oxygens (including phenoxy) is 1. The molecule has 1 aliphatic heterocycles. The number of hydrogen-bond donors (Lipinski definition) is 0. The number of tetrazole rings is 1. The van der Waals surface area contributed by atoms with Crippen molar-refractivity contribution >= 4 is 11.9 Å². The molecule has 1 saturated heterocycles. The van der Waals surface area contributed by atoms with Crippen molar-refractivity contribution in [1.29, 1.82) is 0 Å². The van der Waals surface area contributed by atoms with Gasteiger partial charge in [0.15, 0.2) is 0 Å². The normalized spacial score (nSPS) is 16.2. The SMILES string of the molecule is CCOC(=O)c1nnnn1CC(=O)N1CCN(C)CC1. The van der Waals surface area contributed by atoms with E-state index in [9.17, 15) is 9.59 Å². The molecule has 1 aromatic heterocycles. The molecule has 0 aliphatic carbocycles. The Morgan fingerprint density at radius 3 is 2.60 bits per heavy atom. The number of carbonyl (C=O) groups is 2. The fourth-order valence-electron chi connectivity index (χ4n) is 1.94. The summed E-state index contributed by atoms with van der Waals surface area (Å²) in [5, 5.41) is 10.7. The second kappa shape index (κ2) is 6.42. The van der Waals surface area contributed by atoms with Crippen LogP contribution >= 0.6 is 0 Å². The Morgan fingerprint density at radius 1 is 1.25 bits per heavy atom. The van der Waals surface area contributed by atoms with E-state index in [1.807, 2.05) is 7.05 Å². The van der Waals surface area contributed by atoms with Crippen LogP contribution in [0.2, 0.25) is 0 Å². The molecule has 1 aromatic rings. The predicted molar refractivity (Wildman–Crippen MR) is 67.9 cm³/mol. The van der Waals surface area contributed by atoms with Crippen LogP contribution in [0.15, 0.2) is 0 Å². The quantitative estimate of drug-likeness (QED) is 0.628. The van der Waals surface area contributed by atoms with Crippen molar-refractivity contribution in [1.82, 2.24) is 30.0 Å². The molecule has 20 heavy (non-hydrogen) atoms. The topological polar surface area (TPSA) is 93.4 Å². The van der Waals surface area contributed by atoms with Crippen molar-refractivity contribution in [3.63, 3.8) is 0 Å². The minimum atomic E-state index is -0.622. The van der Waals surface area contributed by atoms with Crippen molar-refractivity contribution in [3.8, 4) is 0 Å². The molecule has 0 spiro atoms. The lowest BCUT2D eigenvalue weighted by Gasteiger charge is -2.32. The van der Waals surface area contributed by atoms with E-state index < -0.39 is 5.97 Å². The van der Waals surface area contributed by atoms with Gasteiger partial charge in [0, 0.05) is 26.2 Å². The molecule has 0 saturated carbocycles. The molecule has 1 amide bonds. The summed E-state index contributed by atoms with van der Waals surface area (Å²) in [7, 11) is 2.02. The summed E-state index contributed by atoms with van der Waals surface area (Å²) in [5.41, 5.74) is 0. The van der Waals surface area contributed by atoms with Crippen LogP contribution in [0.25, 0.3) is 0 Å². The molecule has 1 fully saturated rings. The fraction of sp³-hybridized carbons (Fsp3) is 0.727. The first-order chi connectivity index (χ1) is 9.61. The molecule has 0 unspecified atom stereocenters. The summed E-state index contributed by atoms with van der Waals surface area (Å²) in [4.78, 5) is 27.7. The molecule has 2 rings (SSSR count). The summed E-state index contributed by atoms with van der Waals surface area (Å²) in [6, 6.07) is 0. The number of piperazine rings is 1. The van der Waals surface area contributed by atoms with Crippen LogP contribution in [0.3, 0.4) is 0 Å². The van der Waals surface area contributed by atoms with Gasteiger partial charge in [-0.3, -0.25) is 4.79 Å². The Hall–Kier alpha value is -2.03. The standard InChI is InChI=1S/C11H18N6O3/c1-3-20-11(19)10-12-13-14-17(10)8-9(18)16-6-4-15(2)5-7-16/h3-8H2,1-2H3. The lowest BCUT2D eigenvalue weighted by atomic mass is 10.3. The molecule has 0 bridgehead atoms. The average molecular weight is 282 g/mol. The number of hydrogen-bond acceptors (Lipinski definition) is 7. The highest BCUT2D eigenvalue weighted by Crippen LogP contribution is 2.03.